The van der Waals surface area contributed by atoms with Crippen molar-refractivity contribution in [3.05, 3.63) is 35.9 Å². The van der Waals surface area contributed by atoms with Gasteiger partial charge in [-0.3, -0.25) is 9.59 Å². The first-order valence-corrected chi connectivity index (χ1v) is 5.33. The van der Waals surface area contributed by atoms with Crippen molar-refractivity contribution in [3.63, 3.8) is 0 Å². The van der Waals surface area contributed by atoms with Crippen LogP contribution >= 0.6 is 0 Å². The van der Waals surface area contributed by atoms with E-state index in [-0.39, 0.29) is 12.5 Å². The van der Waals surface area contributed by atoms with Gasteiger partial charge in [-0.1, -0.05) is 30.3 Å². The summed E-state index contributed by atoms with van der Waals surface area (Å²) in [4.78, 5) is 24.5. The molecular formula is C12H14N2O3. The van der Waals surface area contributed by atoms with Crippen LogP contribution < -0.4 is 5.73 Å². The second-order valence-electron chi connectivity index (χ2n) is 3.99. The molecule has 17 heavy (non-hydrogen) atoms. The van der Waals surface area contributed by atoms with E-state index in [0.29, 0.717) is 0 Å². The van der Waals surface area contributed by atoms with Gasteiger partial charge in [0.25, 0.3) is 0 Å². The monoisotopic (exact) mass is 234 g/mol. The molecule has 1 saturated heterocycles. The molecule has 0 saturated carbocycles. The van der Waals surface area contributed by atoms with E-state index in [1.54, 1.807) is 7.05 Å². The van der Waals surface area contributed by atoms with Crippen LogP contribution in [0.4, 0.5) is 0 Å². The Morgan fingerprint density at radius 1 is 1.41 bits per heavy atom. The van der Waals surface area contributed by atoms with E-state index in [4.69, 9.17) is 10.5 Å². The fourth-order valence-corrected chi connectivity index (χ4v) is 2.00. The van der Waals surface area contributed by atoms with Crippen molar-refractivity contribution in [1.29, 1.82) is 0 Å². The van der Waals surface area contributed by atoms with Crippen LogP contribution in [0.1, 0.15) is 11.6 Å². The van der Waals surface area contributed by atoms with Gasteiger partial charge >= 0.3 is 0 Å². The molecule has 1 aliphatic rings. The third-order valence-corrected chi connectivity index (χ3v) is 2.91. The molecule has 2 atom stereocenters. The van der Waals surface area contributed by atoms with Gasteiger partial charge in [0.15, 0.2) is 6.10 Å². The highest BCUT2D eigenvalue weighted by Crippen LogP contribution is 2.28. The summed E-state index contributed by atoms with van der Waals surface area (Å²) in [5.41, 5.74) is 6.14. The largest absolute Gasteiger partial charge is 0.367 e. The number of morpholine rings is 1. The normalized spacial score (nSPS) is 24.8. The van der Waals surface area contributed by atoms with E-state index in [0.717, 1.165) is 5.56 Å². The number of rotatable bonds is 2. The van der Waals surface area contributed by atoms with Crippen LogP contribution in [0.3, 0.4) is 0 Å². The van der Waals surface area contributed by atoms with Crippen molar-refractivity contribution < 1.29 is 14.3 Å². The van der Waals surface area contributed by atoms with Crippen molar-refractivity contribution in [2.75, 3.05) is 13.7 Å². The first kappa shape index (κ1) is 11.6. The standard InChI is InChI=1S/C12H14N2O3/c1-14-9(15)7-17-11(12(13)16)10(14)8-5-3-2-4-6-8/h2-6,10-11H,7H2,1H3,(H2,13,16). The van der Waals surface area contributed by atoms with Gasteiger partial charge in [-0.05, 0) is 5.56 Å². The molecule has 1 aromatic carbocycles. The van der Waals surface area contributed by atoms with Crippen LogP contribution in [0.5, 0.6) is 0 Å². The van der Waals surface area contributed by atoms with Crippen LogP contribution in [0.2, 0.25) is 0 Å². The van der Waals surface area contributed by atoms with Gasteiger partial charge in [-0.25, -0.2) is 0 Å². The highest BCUT2D eigenvalue weighted by atomic mass is 16.5. The van der Waals surface area contributed by atoms with E-state index in [2.05, 4.69) is 0 Å². The Balaban J connectivity index is 2.37. The van der Waals surface area contributed by atoms with E-state index >= 15 is 0 Å². The molecule has 0 aromatic heterocycles. The van der Waals surface area contributed by atoms with Gasteiger partial charge < -0.3 is 15.4 Å². The molecule has 1 fully saturated rings. The third-order valence-electron chi connectivity index (χ3n) is 2.91. The van der Waals surface area contributed by atoms with Gasteiger partial charge in [-0.2, -0.15) is 0 Å². The number of hydrogen-bond acceptors (Lipinski definition) is 3. The maximum Gasteiger partial charge on any atom is 0.249 e. The van der Waals surface area contributed by atoms with E-state index in [9.17, 15) is 9.59 Å². The highest BCUT2D eigenvalue weighted by molar-refractivity contribution is 5.85. The first-order chi connectivity index (χ1) is 8.11. The number of nitrogens with two attached hydrogens (primary N) is 1. The molecule has 5 nitrogen and oxygen atoms in total. The number of carbonyl (C=O) groups excluding carboxylic acids is 2. The Hall–Kier alpha value is -1.88. The second-order valence-corrected chi connectivity index (χ2v) is 3.99. The zero-order valence-corrected chi connectivity index (χ0v) is 9.50. The van der Waals surface area contributed by atoms with Gasteiger partial charge in [0.05, 0.1) is 6.04 Å². The van der Waals surface area contributed by atoms with Crippen molar-refractivity contribution in [2.24, 2.45) is 5.73 Å². The lowest BCUT2D eigenvalue weighted by atomic mass is 9.98. The number of hydrogen-bond donors (Lipinski definition) is 1. The molecule has 1 aliphatic heterocycles. The summed E-state index contributed by atoms with van der Waals surface area (Å²) in [7, 11) is 1.65. The molecule has 90 valence electrons. The van der Waals surface area contributed by atoms with E-state index in [1.807, 2.05) is 30.3 Å². The van der Waals surface area contributed by atoms with Crippen molar-refractivity contribution in [1.82, 2.24) is 4.90 Å². The van der Waals surface area contributed by atoms with Crippen LogP contribution in [-0.2, 0) is 14.3 Å². The lowest BCUT2D eigenvalue weighted by Gasteiger charge is -2.37. The first-order valence-electron chi connectivity index (χ1n) is 5.33. The molecule has 0 spiro atoms. The maximum atomic E-state index is 11.6. The van der Waals surface area contributed by atoms with E-state index < -0.39 is 18.1 Å². The smallest absolute Gasteiger partial charge is 0.249 e. The highest BCUT2D eigenvalue weighted by Gasteiger charge is 2.38. The molecule has 5 heteroatoms. The summed E-state index contributed by atoms with van der Waals surface area (Å²) < 4.78 is 5.22. The number of amides is 2. The summed E-state index contributed by atoms with van der Waals surface area (Å²) in [6.07, 6.45) is -0.792. The van der Waals surface area contributed by atoms with Crippen molar-refractivity contribution >= 4 is 11.8 Å². The number of nitrogens with zero attached hydrogens (tertiary/aromatic N) is 1. The molecule has 2 unspecified atom stereocenters. The quantitative estimate of drug-likeness (QED) is 0.787. The van der Waals surface area contributed by atoms with E-state index in [1.165, 1.54) is 4.90 Å². The Morgan fingerprint density at radius 2 is 2.06 bits per heavy atom. The molecule has 2 amide bonds. The number of likely N-dealkylation sites (N-methyl/N-ethyl adjacent to an activating group) is 1. The lowest BCUT2D eigenvalue weighted by Crippen LogP contribution is -2.51. The van der Waals surface area contributed by atoms with Gasteiger partial charge in [0.1, 0.15) is 6.61 Å². The fraction of sp³-hybridized carbons (Fsp3) is 0.333. The topological polar surface area (TPSA) is 72.6 Å². The molecule has 2 N–H and O–H groups in total. The molecule has 0 radical (unpaired) electrons. The lowest BCUT2D eigenvalue weighted by molar-refractivity contribution is -0.160. The summed E-state index contributed by atoms with van der Waals surface area (Å²) in [5.74, 6) is -0.713. The van der Waals surface area contributed by atoms with Gasteiger partial charge in [-0.15, -0.1) is 0 Å². The zero-order valence-electron chi connectivity index (χ0n) is 9.50. The van der Waals surface area contributed by atoms with Crippen LogP contribution in [0.15, 0.2) is 30.3 Å². The SMILES string of the molecule is CN1C(=O)COC(C(N)=O)C1c1ccccc1. The van der Waals surface area contributed by atoms with Gasteiger partial charge in [0, 0.05) is 7.05 Å². The Labute approximate surface area is 99.2 Å². The summed E-state index contributed by atoms with van der Waals surface area (Å²) in [6, 6.07) is 8.81. The van der Waals surface area contributed by atoms with Crippen molar-refractivity contribution in [3.8, 4) is 0 Å². The minimum absolute atomic E-state index is 0.104. The Morgan fingerprint density at radius 3 is 2.65 bits per heavy atom. The molecule has 0 aliphatic carbocycles. The molecule has 2 rings (SSSR count). The fourth-order valence-electron chi connectivity index (χ4n) is 2.00. The minimum atomic E-state index is -0.792. The molecule has 1 aromatic rings. The van der Waals surface area contributed by atoms with Crippen molar-refractivity contribution in [2.45, 2.75) is 12.1 Å². The average molecular weight is 234 g/mol. The number of ether oxygens (including phenoxy) is 1. The summed E-state index contributed by atoms with van der Waals surface area (Å²) in [5, 5.41) is 0. The molecule has 1 heterocycles. The summed E-state index contributed by atoms with van der Waals surface area (Å²) >= 11 is 0. The predicted molar refractivity (Wildman–Crippen MR) is 60.9 cm³/mol. The average Bonchev–Trinajstić information content (AvgIpc) is 2.33. The Bertz CT molecular complexity index is 433. The summed E-state index contributed by atoms with van der Waals surface area (Å²) in [6.45, 7) is -0.104. The third kappa shape index (κ3) is 2.14. The predicted octanol–water partition coefficient (Wildman–Crippen LogP) is 0.0702. The second kappa shape index (κ2) is 4.55. The van der Waals surface area contributed by atoms with Crippen LogP contribution in [-0.4, -0.2) is 36.5 Å². The molecule has 0 bridgehead atoms. The van der Waals surface area contributed by atoms with Gasteiger partial charge in [0.2, 0.25) is 11.8 Å². The van der Waals surface area contributed by atoms with Crippen LogP contribution in [0, 0.1) is 0 Å². The minimum Gasteiger partial charge on any atom is -0.367 e. The molecular weight excluding hydrogens is 220 g/mol. The maximum absolute atomic E-state index is 11.6. The Kier molecular flexibility index (Phi) is 3.10. The number of primary amides is 1. The zero-order chi connectivity index (χ0) is 12.4. The van der Waals surface area contributed by atoms with Crippen LogP contribution in [0.25, 0.3) is 0 Å². The number of benzene rings is 1. The number of carbonyl (C=O) groups is 2.